The molecule has 1 heterocycles. The van der Waals surface area contributed by atoms with Gasteiger partial charge < -0.3 is 10.1 Å². The summed E-state index contributed by atoms with van der Waals surface area (Å²) in [6.45, 7) is 3.09. The lowest BCUT2D eigenvalue weighted by Gasteiger charge is -2.52. The van der Waals surface area contributed by atoms with Crippen LogP contribution in [0.4, 0.5) is 5.69 Å². The number of amidine groups is 1. The number of hydrogen-bond donors (Lipinski definition) is 1. The highest BCUT2D eigenvalue weighted by Gasteiger charge is 2.49. The number of hydrogen-bond acceptors (Lipinski definition) is 4. The third-order valence-electron chi connectivity index (χ3n) is 6.31. The van der Waals surface area contributed by atoms with E-state index in [4.69, 9.17) is 9.73 Å². The van der Waals surface area contributed by atoms with Crippen molar-refractivity contribution in [2.45, 2.75) is 52.0 Å². The van der Waals surface area contributed by atoms with Crippen molar-refractivity contribution < 1.29 is 9.53 Å². The number of carbonyl (C=O) groups is 1. The molecule has 3 aliphatic carbocycles. The molecule has 0 spiro atoms. The van der Waals surface area contributed by atoms with Gasteiger partial charge in [0.15, 0.2) is 0 Å². The number of aliphatic imine (C=N–C) groups is 1. The molecule has 0 radical (unpaired) electrons. The zero-order valence-electron chi connectivity index (χ0n) is 13.9. The van der Waals surface area contributed by atoms with Crippen LogP contribution in [0.5, 0.6) is 0 Å². The summed E-state index contributed by atoms with van der Waals surface area (Å²) in [4.78, 5) is 16.5. The fourth-order valence-electron chi connectivity index (χ4n) is 4.45. The minimum Gasteiger partial charge on any atom is -0.465 e. The molecule has 1 aromatic rings. The average molecular weight is 312 g/mol. The van der Waals surface area contributed by atoms with Gasteiger partial charge in [0.25, 0.3) is 0 Å². The number of methoxy groups -OCH3 is 1. The first kappa shape index (κ1) is 14.7. The number of carbonyl (C=O) groups excluding carboxylic acids is 1. The molecular formula is C19H24N2O2. The summed E-state index contributed by atoms with van der Waals surface area (Å²) in [7, 11) is 1.41. The van der Waals surface area contributed by atoms with Crippen LogP contribution >= 0.6 is 0 Å². The van der Waals surface area contributed by atoms with Gasteiger partial charge in [0.1, 0.15) is 5.84 Å². The molecule has 0 aromatic heterocycles. The molecule has 0 saturated heterocycles. The van der Waals surface area contributed by atoms with Crippen LogP contribution in [0.3, 0.4) is 0 Å². The zero-order valence-corrected chi connectivity index (χ0v) is 13.9. The van der Waals surface area contributed by atoms with E-state index in [2.05, 4.69) is 12.2 Å². The van der Waals surface area contributed by atoms with E-state index in [1.54, 1.807) is 0 Å². The lowest BCUT2D eigenvalue weighted by Crippen LogP contribution is -2.47. The first-order valence-corrected chi connectivity index (χ1v) is 8.57. The summed E-state index contributed by atoms with van der Waals surface area (Å²) in [5.41, 5.74) is 3.59. The number of benzene rings is 1. The van der Waals surface area contributed by atoms with Crippen LogP contribution in [0, 0.1) is 10.8 Å². The van der Waals surface area contributed by atoms with Crippen LogP contribution in [-0.4, -0.2) is 18.9 Å². The Morgan fingerprint density at radius 1 is 1.17 bits per heavy atom. The Morgan fingerprint density at radius 3 is 2.52 bits per heavy atom. The molecule has 23 heavy (non-hydrogen) atoms. The van der Waals surface area contributed by atoms with Crippen molar-refractivity contribution in [3.63, 3.8) is 0 Å². The largest absolute Gasteiger partial charge is 0.465 e. The van der Waals surface area contributed by atoms with Crippen molar-refractivity contribution in [3.8, 4) is 0 Å². The maximum Gasteiger partial charge on any atom is 0.337 e. The molecule has 3 fully saturated rings. The summed E-state index contributed by atoms with van der Waals surface area (Å²) >= 11 is 0. The summed E-state index contributed by atoms with van der Waals surface area (Å²) in [5.74, 6) is 0.887. The van der Waals surface area contributed by atoms with Crippen LogP contribution in [0.15, 0.2) is 23.2 Å². The van der Waals surface area contributed by atoms with E-state index >= 15 is 0 Å². The van der Waals surface area contributed by atoms with E-state index in [1.807, 2.05) is 18.2 Å². The van der Waals surface area contributed by atoms with E-state index in [9.17, 15) is 4.79 Å². The number of esters is 1. The highest BCUT2D eigenvalue weighted by Crippen LogP contribution is 2.57. The standard InChI is InChI=1S/C19H24N2O2/c1-18-5-8-19(9-6-18,10-7-18)17-20-12-14-11-13(16(22)23-2)3-4-15(14)21-17/h3-4,11H,5-10,12H2,1-2H3,(H,20,21). The highest BCUT2D eigenvalue weighted by atomic mass is 16.5. The number of ether oxygens (including phenoxy) is 1. The Hall–Kier alpha value is -1.84. The van der Waals surface area contributed by atoms with Crippen molar-refractivity contribution in [1.82, 2.24) is 0 Å². The van der Waals surface area contributed by atoms with E-state index in [1.165, 1.54) is 51.5 Å². The first-order valence-electron chi connectivity index (χ1n) is 8.57. The van der Waals surface area contributed by atoms with E-state index in [0.29, 0.717) is 17.5 Å². The molecule has 1 aliphatic heterocycles. The predicted molar refractivity (Wildman–Crippen MR) is 90.8 cm³/mol. The Morgan fingerprint density at radius 2 is 1.87 bits per heavy atom. The summed E-state index contributed by atoms with van der Waals surface area (Å²) in [6.07, 6.45) is 7.73. The van der Waals surface area contributed by atoms with Crippen LogP contribution in [0.25, 0.3) is 0 Å². The van der Waals surface area contributed by atoms with Crippen molar-refractivity contribution in [3.05, 3.63) is 29.3 Å². The lowest BCUT2D eigenvalue weighted by atomic mass is 9.54. The maximum absolute atomic E-state index is 11.7. The van der Waals surface area contributed by atoms with Crippen LogP contribution < -0.4 is 5.32 Å². The zero-order chi connectivity index (χ0) is 16.1. The molecule has 3 saturated carbocycles. The number of nitrogens with zero attached hydrogens (tertiary/aromatic N) is 1. The topological polar surface area (TPSA) is 50.7 Å². The minimum atomic E-state index is -0.292. The molecule has 0 atom stereocenters. The molecule has 5 rings (SSSR count). The smallest absolute Gasteiger partial charge is 0.337 e. The second-order valence-corrected chi connectivity index (χ2v) is 7.74. The molecule has 4 aliphatic rings. The lowest BCUT2D eigenvalue weighted by molar-refractivity contribution is 0.0483. The van der Waals surface area contributed by atoms with Gasteiger partial charge in [0, 0.05) is 11.1 Å². The van der Waals surface area contributed by atoms with Gasteiger partial charge in [-0.2, -0.15) is 0 Å². The summed E-state index contributed by atoms with van der Waals surface area (Å²) < 4.78 is 4.80. The van der Waals surface area contributed by atoms with Gasteiger partial charge in [-0.05, 0) is 67.7 Å². The Kier molecular flexibility index (Phi) is 3.26. The van der Waals surface area contributed by atoms with Crippen molar-refractivity contribution >= 4 is 17.5 Å². The highest BCUT2D eigenvalue weighted by molar-refractivity contribution is 6.02. The molecule has 0 amide bonds. The summed E-state index contributed by atoms with van der Waals surface area (Å²) in [6, 6.07) is 5.71. The van der Waals surface area contributed by atoms with Gasteiger partial charge in [-0.3, -0.25) is 4.99 Å². The fraction of sp³-hybridized carbons (Fsp3) is 0.579. The van der Waals surface area contributed by atoms with Gasteiger partial charge in [-0.1, -0.05) is 6.92 Å². The predicted octanol–water partition coefficient (Wildman–Crippen LogP) is 4.16. The molecular weight excluding hydrogens is 288 g/mol. The van der Waals surface area contributed by atoms with E-state index in [-0.39, 0.29) is 11.4 Å². The van der Waals surface area contributed by atoms with Crippen LogP contribution in [0.1, 0.15) is 61.4 Å². The normalized spacial score (nSPS) is 31.8. The molecule has 0 unspecified atom stereocenters. The van der Waals surface area contributed by atoms with Crippen molar-refractivity contribution in [2.24, 2.45) is 15.8 Å². The van der Waals surface area contributed by atoms with E-state index < -0.39 is 0 Å². The number of rotatable bonds is 2. The van der Waals surface area contributed by atoms with Gasteiger partial charge in [-0.25, -0.2) is 4.79 Å². The molecule has 1 N–H and O–H groups in total. The molecule has 122 valence electrons. The van der Waals surface area contributed by atoms with E-state index in [0.717, 1.165) is 11.3 Å². The Labute approximate surface area is 137 Å². The van der Waals surface area contributed by atoms with Crippen LogP contribution in [0.2, 0.25) is 0 Å². The van der Waals surface area contributed by atoms with Gasteiger partial charge in [0.05, 0.1) is 19.2 Å². The Balaban J connectivity index is 1.58. The number of nitrogens with one attached hydrogen (secondary N) is 1. The third-order valence-corrected chi connectivity index (χ3v) is 6.31. The SMILES string of the molecule is COC(=O)c1ccc2c(c1)CN=C(C13CCC(C)(CC1)CC3)N2. The monoisotopic (exact) mass is 312 g/mol. The molecule has 4 heteroatoms. The maximum atomic E-state index is 11.7. The second kappa shape index (κ2) is 5.08. The number of anilines is 1. The number of fused-ring (bicyclic) bond motifs is 4. The van der Waals surface area contributed by atoms with Gasteiger partial charge in [0.2, 0.25) is 0 Å². The van der Waals surface area contributed by atoms with Crippen molar-refractivity contribution in [1.29, 1.82) is 0 Å². The molecule has 1 aromatic carbocycles. The van der Waals surface area contributed by atoms with Gasteiger partial charge in [-0.15, -0.1) is 0 Å². The third kappa shape index (κ3) is 2.35. The average Bonchev–Trinajstić information content (AvgIpc) is 2.61. The Bertz CT molecular complexity index is 668. The summed E-state index contributed by atoms with van der Waals surface area (Å²) in [5, 5.41) is 3.58. The minimum absolute atomic E-state index is 0.260. The quantitative estimate of drug-likeness (QED) is 0.834. The van der Waals surface area contributed by atoms with Gasteiger partial charge >= 0.3 is 5.97 Å². The molecule has 4 nitrogen and oxygen atoms in total. The van der Waals surface area contributed by atoms with Crippen molar-refractivity contribution in [2.75, 3.05) is 12.4 Å². The second-order valence-electron chi connectivity index (χ2n) is 7.74. The van der Waals surface area contributed by atoms with Crippen LogP contribution in [-0.2, 0) is 11.3 Å². The molecule has 2 bridgehead atoms. The fourth-order valence-corrected chi connectivity index (χ4v) is 4.45. The first-order chi connectivity index (χ1) is 11.0.